The van der Waals surface area contributed by atoms with Crippen LogP contribution in [0.4, 0.5) is 0 Å². The smallest absolute Gasteiger partial charge is 0.245 e. The van der Waals surface area contributed by atoms with Crippen LogP contribution in [0.3, 0.4) is 0 Å². The molecule has 0 bridgehead atoms. The fraction of sp³-hybridized carbons (Fsp3) is 0.429. The van der Waals surface area contributed by atoms with E-state index < -0.39 is 72.6 Å². The lowest BCUT2D eigenvalue weighted by Gasteiger charge is -2.32. The van der Waals surface area contributed by atoms with E-state index in [2.05, 4.69) is 44.4 Å². The average Bonchev–Trinajstić information content (AvgIpc) is 3.19. The number of hydrogen-bond donors (Lipinski definition) is 7. The fourth-order valence-corrected chi connectivity index (χ4v) is 6.53. The van der Waals surface area contributed by atoms with Crippen molar-refractivity contribution in [2.45, 2.75) is 82.6 Å². The van der Waals surface area contributed by atoms with Crippen molar-refractivity contribution in [2.24, 2.45) is 17.4 Å². The minimum atomic E-state index is -1.55. The SMILES string of the molecule is CC(C)[C@H](NC(=O)CCN1CCC(Oc2ccccc2Cc2ccccc2)CC1)C(=O)N[C@@H](CO)C(=O)N[C@@H](CC(N)=O)C(=O)N[C@H](Cc1ccccc1)C(N)=O. The minimum Gasteiger partial charge on any atom is -0.490 e. The van der Waals surface area contributed by atoms with Gasteiger partial charge in [0.2, 0.25) is 35.4 Å². The number of rotatable bonds is 21. The van der Waals surface area contributed by atoms with Crippen molar-refractivity contribution in [2.75, 3.05) is 26.2 Å². The molecule has 57 heavy (non-hydrogen) atoms. The van der Waals surface area contributed by atoms with Gasteiger partial charge in [0.05, 0.1) is 13.0 Å². The number of carbonyl (C=O) groups excluding carboxylic acids is 6. The Bertz CT molecular complexity index is 1800. The molecule has 0 radical (unpaired) electrons. The lowest BCUT2D eigenvalue weighted by atomic mass is 10.0. The number of para-hydroxylation sites is 1. The zero-order chi connectivity index (χ0) is 41.3. The Morgan fingerprint density at radius 1 is 0.737 bits per heavy atom. The van der Waals surface area contributed by atoms with Gasteiger partial charge in [-0.25, -0.2) is 0 Å². The summed E-state index contributed by atoms with van der Waals surface area (Å²) in [5.41, 5.74) is 13.9. The van der Waals surface area contributed by atoms with Crippen LogP contribution in [0, 0.1) is 5.92 Å². The number of carbonyl (C=O) groups is 6. The number of amides is 6. The maximum atomic E-state index is 13.4. The van der Waals surface area contributed by atoms with E-state index in [0.29, 0.717) is 12.1 Å². The molecule has 1 heterocycles. The first-order chi connectivity index (χ1) is 27.3. The second kappa shape index (κ2) is 22.1. The van der Waals surface area contributed by atoms with Crippen LogP contribution in [-0.2, 0) is 41.6 Å². The highest BCUT2D eigenvalue weighted by Gasteiger charge is 2.33. The maximum absolute atomic E-state index is 13.4. The Morgan fingerprint density at radius 3 is 1.89 bits per heavy atom. The van der Waals surface area contributed by atoms with E-state index >= 15 is 0 Å². The summed E-state index contributed by atoms with van der Waals surface area (Å²) in [7, 11) is 0. The van der Waals surface area contributed by atoms with Crippen LogP contribution in [0.1, 0.15) is 56.2 Å². The molecule has 0 aliphatic carbocycles. The third-order valence-electron chi connectivity index (χ3n) is 9.76. The number of nitrogens with zero attached hydrogens (tertiary/aromatic N) is 1. The maximum Gasteiger partial charge on any atom is 0.245 e. The molecule has 0 spiro atoms. The van der Waals surface area contributed by atoms with Gasteiger partial charge in [0.1, 0.15) is 36.0 Å². The first-order valence-corrected chi connectivity index (χ1v) is 19.3. The van der Waals surface area contributed by atoms with Gasteiger partial charge in [-0.05, 0) is 41.5 Å². The molecule has 1 aliphatic heterocycles. The first kappa shape index (κ1) is 43.9. The molecule has 0 unspecified atom stereocenters. The molecule has 3 aromatic carbocycles. The van der Waals surface area contributed by atoms with Crippen LogP contribution in [0.2, 0.25) is 0 Å². The van der Waals surface area contributed by atoms with Gasteiger partial charge in [0.15, 0.2) is 0 Å². The largest absolute Gasteiger partial charge is 0.490 e. The minimum absolute atomic E-state index is 0.0462. The lowest BCUT2D eigenvalue weighted by molar-refractivity contribution is -0.136. The van der Waals surface area contributed by atoms with Gasteiger partial charge in [0.25, 0.3) is 0 Å². The van der Waals surface area contributed by atoms with Gasteiger partial charge in [-0.2, -0.15) is 0 Å². The number of piperidine rings is 1. The average molecular weight is 786 g/mol. The Labute approximate surface area is 333 Å². The number of aliphatic hydroxyl groups is 1. The number of likely N-dealkylation sites (tertiary alicyclic amines) is 1. The Balaban J connectivity index is 1.25. The third kappa shape index (κ3) is 14.3. The summed E-state index contributed by atoms with van der Waals surface area (Å²) in [5.74, 6) is -4.29. The van der Waals surface area contributed by atoms with Gasteiger partial charge in [-0.3, -0.25) is 28.8 Å². The lowest BCUT2D eigenvalue weighted by Crippen LogP contribution is -2.60. The number of nitrogens with two attached hydrogens (primary N) is 2. The molecule has 1 fully saturated rings. The van der Waals surface area contributed by atoms with Gasteiger partial charge in [-0.1, -0.05) is 92.7 Å². The van der Waals surface area contributed by atoms with Gasteiger partial charge >= 0.3 is 0 Å². The molecule has 6 amide bonds. The molecule has 0 aromatic heterocycles. The van der Waals surface area contributed by atoms with E-state index in [1.807, 2.05) is 36.4 Å². The highest BCUT2D eigenvalue weighted by atomic mass is 16.5. The topological polar surface area (TPSA) is 235 Å². The Morgan fingerprint density at radius 2 is 1.30 bits per heavy atom. The highest BCUT2D eigenvalue weighted by Crippen LogP contribution is 2.25. The number of nitrogens with one attached hydrogen (secondary N) is 4. The molecule has 1 aliphatic rings. The third-order valence-corrected chi connectivity index (χ3v) is 9.76. The molecular weight excluding hydrogens is 731 g/mol. The summed E-state index contributed by atoms with van der Waals surface area (Å²) >= 11 is 0. The predicted molar refractivity (Wildman–Crippen MR) is 213 cm³/mol. The molecule has 15 nitrogen and oxygen atoms in total. The molecule has 3 aromatic rings. The fourth-order valence-electron chi connectivity index (χ4n) is 6.53. The van der Waals surface area contributed by atoms with Crippen molar-refractivity contribution in [3.05, 3.63) is 102 Å². The van der Waals surface area contributed by atoms with E-state index in [1.54, 1.807) is 44.2 Å². The van der Waals surface area contributed by atoms with Crippen molar-refractivity contribution in [1.29, 1.82) is 0 Å². The highest BCUT2D eigenvalue weighted by molar-refractivity contribution is 5.97. The monoisotopic (exact) mass is 785 g/mol. The van der Waals surface area contributed by atoms with Crippen LogP contribution in [0.25, 0.3) is 0 Å². The van der Waals surface area contributed by atoms with E-state index in [9.17, 15) is 33.9 Å². The van der Waals surface area contributed by atoms with Crippen LogP contribution in [0.15, 0.2) is 84.9 Å². The molecular formula is C42H55N7O8. The summed E-state index contributed by atoms with van der Waals surface area (Å²) in [6, 6.07) is 21.7. The number of primary amides is 2. The van der Waals surface area contributed by atoms with Crippen LogP contribution >= 0.6 is 0 Å². The number of aliphatic hydroxyl groups excluding tert-OH is 1. The van der Waals surface area contributed by atoms with Gasteiger partial charge in [-0.15, -0.1) is 0 Å². The molecule has 4 atom stereocenters. The van der Waals surface area contributed by atoms with Crippen molar-refractivity contribution in [3.63, 3.8) is 0 Å². The molecule has 15 heteroatoms. The number of ether oxygens (including phenoxy) is 1. The van der Waals surface area contributed by atoms with E-state index in [-0.39, 0.29) is 24.9 Å². The van der Waals surface area contributed by atoms with Gasteiger partial charge < -0.3 is 47.5 Å². The van der Waals surface area contributed by atoms with Crippen molar-refractivity contribution in [3.8, 4) is 5.75 Å². The van der Waals surface area contributed by atoms with Gasteiger partial charge in [0, 0.05) is 38.9 Å². The van der Waals surface area contributed by atoms with Crippen LogP contribution in [0.5, 0.6) is 5.75 Å². The molecule has 1 saturated heterocycles. The van der Waals surface area contributed by atoms with Crippen molar-refractivity contribution in [1.82, 2.24) is 26.2 Å². The summed E-state index contributed by atoms with van der Waals surface area (Å²) in [5, 5.41) is 20.0. The Hall–Kier alpha value is -5.80. The summed E-state index contributed by atoms with van der Waals surface area (Å²) in [6.45, 7) is 4.54. The molecule has 0 saturated carbocycles. The zero-order valence-electron chi connectivity index (χ0n) is 32.5. The first-order valence-electron chi connectivity index (χ1n) is 19.3. The number of benzene rings is 3. The normalized spacial score (nSPS) is 15.4. The second-order valence-electron chi connectivity index (χ2n) is 14.6. The molecule has 9 N–H and O–H groups in total. The van der Waals surface area contributed by atoms with Crippen molar-refractivity contribution < 1.29 is 38.6 Å². The van der Waals surface area contributed by atoms with Crippen LogP contribution < -0.4 is 37.5 Å². The Kier molecular flexibility index (Phi) is 17.0. The standard InChI is InChI=1S/C42H55N7O8/c1-27(2)38(48-37(52)19-22-49-20-17-31(18-21-49)57-35-16-10-9-15-30(35)23-28-11-5-3-6-12-28)42(56)47-34(26-50)41(55)46-33(25-36(43)51)40(54)45-32(39(44)53)24-29-13-7-4-8-14-29/h3-16,27,31-34,38,50H,17-26H2,1-2H3,(H2,43,51)(H2,44,53)(H,45,54)(H,46,55)(H,47,56)(H,48,52)/t32-,33+,34+,38+/m1/s1. The second-order valence-corrected chi connectivity index (χ2v) is 14.6. The van der Waals surface area contributed by atoms with E-state index in [0.717, 1.165) is 43.7 Å². The molecule has 4 rings (SSSR count). The van der Waals surface area contributed by atoms with Crippen molar-refractivity contribution >= 4 is 35.4 Å². The van der Waals surface area contributed by atoms with Crippen LogP contribution in [-0.4, -0.2) is 102 Å². The van der Waals surface area contributed by atoms with E-state index in [1.165, 1.54) is 5.56 Å². The number of hydrogen-bond acceptors (Lipinski definition) is 9. The predicted octanol–water partition coefficient (Wildman–Crippen LogP) is 0.702. The summed E-state index contributed by atoms with van der Waals surface area (Å²) in [6.07, 6.45) is 1.96. The zero-order valence-corrected chi connectivity index (χ0v) is 32.5. The summed E-state index contributed by atoms with van der Waals surface area (Å²) in [4.78, 5) is 78.9. The summed E-state index contributed by atoms with van der Waals surface area (Å²) < 4.78 is 6.43. The van der Waals surface area contributed by atoms with E-state index in [4.69, 9.17) is 16.2 Å². The molecule has 306 valence electrons. The quantitative estimate of drug-likeness (QED) is 0.0804.